The molecule has 1 fully saturated rings. The van der Waals surface area contributed by atoms with Crippen molar-refractivity contribution < 1.29 is 4.74 Å². The van der Waals surface area contributed by atoms with E-state index in [1.54, 1.807) is 7.11 Å². The third kappa shape index (κ3) is 2.39. The Morgan fingerprint density at radius 3 is 2.71 bits per heavy atom. The van der Waals surface area contributed by atoms with E-state index in [4.69, 9.17) is 10.5 Å². The fourth-order valence-electron chi connectivity index (χ4n) is 2.70. The highest BCUT2D eigenvalue weighted by Gasteiger charge is 2.28. The molecule has 2 N–H and O–H groups in total. The minimum absolute atomic E-state index is 0.283. The molecule has 3 nitrogen and oxygen atoms in total. The number of rotatable bonds is 3. The molecule has 2 rings (SSSR count). The van der Waals surface area contributed by atoms with Gasteiger partial charge in [0, 0.05) is 19.1 Å². The van der Waals surface area contributed by atoms with Crippen LogP contribution in [0.25, 0.3) is 0 Å². The predicted octanol–water partition coefficient (Wildman–Crippen LogP) is 2.32. The lowest BCUT2D eigenvalue weighted by Gasteiger charge is -2.31. The third-order valence-corrected chi connectivity index (χ3v) is 3.74. The number of nitrogens with two attached hydrogens (primary N) is 1. The first-order valence-electron chi connectivity index (χ1n) is 6.26. The number of ether oxygens (including phenoxy) is 1. The molecule has 1 aliphatic carbocycles. The van der Waals surface area contributed by atoms with Crippen LogP contribution in [0.3, 0.4) is 0 Å². The zero-order chi connectivity index (χ0) is 12.4. The van der Waals surface area contributed by atoms with Crippen LogP contribution >= 0.6 is 0 Å². The Labute approximate surface area is 104 Å². The molecule has 2 unspecified atom stereocenters. The first kappa shape index (κ1) is 12.2. The quantitative estimate of drug-likeness (QED) is 0.872. The van der Waals surface area contributed by atoms with Crippen molar-refractivity contribution in [2.24, 2.45) is 5.73 Å². The molecule has 3 heteroatoms. The first-order chi connectivity index (χ1) is 8.13. The van der Waals surface area contributed by atoms with Gasteiger partial charge >= 0.3 is 0 Å². The van der Waals surface area contributed by atoms with Crippen molar-refractivity contribution >= 4 is 5.69 Å². The summed E-state index contributed by atoms with van der Waals surface area (Å²) < 4.78 is 5.43. The van der Waals surface area contributed by atoms with Gasteiger partial charge in [-0.15, -0.1) is 0 Å². The number of methoxy groups -OCH3 is 1. The number of aryl methyl sites for hydroxylation is 1. The van der Waals surface area contributed by atoms with Crippen LogP contribution in [0.15, 0.2) is 18.2 Å². The molecule has 0 spiro atoms. The summed E-state index contributed by atoms with van der Waals surface area (Å²) in [5.41, 5.74) is 8.56. The maximum atomic E-state index is 6.16. The third-order valence-electron chi connectivity index (χ3n) is 3.74. The standard InChI is InChI=1S/C14H22N2O/c1-10-7-8-14(17-3)13(9-10)16(2)12-6-4-5-11(12)15/h7-9,11-12H,4-6,15H2,1-3H3. The zero-order valence-electron chi connectivity index (χ0n) is 10.9. The Balaban J connectivity index is 2.28. The SMILES string of the molecule is COc1ccc(C)cc1N(C)C1CCCC1N. The van der Waals surface area contributed by atoms with Crippen LogP contribution in [0, 0.1) is 6.92 Å². The normalized spacial score (nSPS) is 23.8. The van der Waals surface area contributed by atoms with Gasteiger partial charge in [-0.25, -0.2) is 0 Å². The first-order valence-corrected chi connectivity index (χ1v) is 6.26. The maximum absolute atomic E-state index is 6.16. The van der Waals surface area contributed by atoms with Crippen LogP contribution in [0.2, 0.25) is 0 Å². The number of hydrogen-bond donors (Lipinski definition) is 1. The van der Waals surface area contributed by atoms with E-state index in [1.807, 2.05) is 6.07 Å². The second-order valence-electron chi connectivity index (χ2n) is 4.95. The molecule has 0 aromatic heterocycles. The molecule has 0 heterocycles. The minimum Gasteiger partial charge on any atom is -0.495 e. The van der Waals surface area contributed by atoms with E-state index in [9.17, 15) is 0 Å². The highest BCUT2D eigenvalue weighted by Crippen LogP contribution is 2.33. The number of likely N-dealkylation sites (N-methyl/N-ethyl adjacent to an activating group) is 1. The molecule has 1 aromatic carbocycles. The predicted molar refractivity (Wildman–Crippen MR) is 71.7 cm³/mol. The Morgan fingerprint density at radius 1 is 1.35 bits per heavy atom. The Bertz CT molecular complexity index is 392. The lowest BCUT2D eigenvalue weighted by atomic mass is 10.1. The highest BCUT2D eigenvalue weighted by molar-refractivity contribution is 5.60. The molecular formula is C14H22N2O. The van der Waals surface area contributed by atoms with Crippen molar-refractivity contribution in [3.05, 3.63) is 23.8 Å². The lowest BCUT2D eigenvalue weighted by molar-refractivity contribution is 0.412. The van der Waals surface area contributed by atoms with Gasteiger partial charge in [0.2, 0.25) is 0 Å². The Kier molecular flexibility index (Phi) is 3.57. The molecule has 0 amide bonds. The number of anilines is 1. The summed E-state index contributed by atoms with van der Waals surface area (Å²) >= 11 is 0. The van der Waals surface area contributed by atoms with Gasteiger partial charge in [0.05, 0.1) is 12.8 Å². The second kappa shape index (κ2) is 4.96. The van der Waals surface area contributed by atoms with Crippen molar-refractivity contribution in [2.45, 2.75) is 38.3 Å². The molecule has 0 saturated heterocycles. The van der Waals surface area contributed by atoms with E-state index in [1.165, 1.54) is 18.4 Å². The fourth-order valence-corrected chi connectivity index (χ4v) is 2.70. The van der Waals surface area contributed by atoms with E-state index in [0.29, 0.717) is 6.04 Å². The van der Waals surface area contributed by atoms with E-state index in [-0.39, 0.29) is 6.04 Å². The summed E-state index contributed by atoms with van der Waals surface area (Å²) in [6, 6.07) is 6.99. The summed E-state index contributed by atoms with van der Waals surface area (Å²) in [4.78, 5) is 2.28. The summed E-state index contributed by atoms with van der Waals surface area (Å²) in [7, 11) is 3.84. The summed E-state index contributed by atoms with van der Waals surface area (Å²) in [6.07, 6.45) is 3.53. The molecular weight excluding hydrogens is 212 g/mol. The summed E-state index contributed by atoms with van der Waals surface area (Å²) in [6.45, 7) is 2.10. The van der Waals surface area contributed by atoms with Gasteiger partial charge in [0.25, 0.3) is 0 Å². The maximum Gasteiger partial charge on any atom is 0.142 e. The summed E-state index contributed by atoms with van der Waals surface area (Å²) in [5, 5.41) is 0. The zero-order valence-corrected chi connectivity index (χ0v) is 10.9. The molecule has 2 atom stereocenters. The van der Waals surface area contributed by atoms with Gasteiger partial charge < -0.3 is 15.4 Å². The number of benzene rings is 1. The Hall–Kier alpha value is -1.22. The second-order valence-corrected chi connectivity index (χ2v) is 4.95. The van der Waals surface area contributed by atoms with Gasteiger partial charge in [0.15, 0.2) is 0 Å². The van der Waals surface area contributed by atoms with Crippen molar-refractivity contribution in [3.63, 3.8) is 0 Å². The van der Waals surface area contributed by atoms with E-state index < -0.39 is 0 Å². The van der Waals surface area contributed by atoms with E-state index in [0.717, 1.165) is 17.9 Å². The van der Waals surface area contributed by atoms with E-state index >= 15 is 0 Å². The van der Waals surface area contributed by atoms with Gasteiger partial charge in [-0.05, 0) is 43.9 Å². The van der Waals surface area contributed by atoms with Gasteiger partial charge in [-0.1, -0.05) is 6.07 Å². The number of hydrogen-bond acceptors (Lipinski definition) is 3. The van der Waals surface area contributed by atoms with Crippen LogP contribution in [-0.4, -0.2) is 26.2 Å². The minimum atomic E-state index is 0.283. The lowest BCUT2D eigenvalue weighted by Crippen LogP contribution is -2.42. The van der Waals surface area contributed by atoms with Crippen LogP contribution < -0.4 is 15.4 Å². The van der Waals surface area contributed by atoms with Gasteiger partial charge in [-0.2, -0.15) is 0 Å². The van der Waals surface area contributed by atoms with E-state index in [2.05, 4.69) is 31.0 Å². The van der Waals surface area contributed by atoms with Gasteiger partial charge in [0.1, 0.15) is 5.75 Å². The van der Waals surface area contributed by atoms with Gasteiger partial charge in [-0.3, -0.25) is 0 Å². The topological polar surface area (TPSA) is 38.5 Å². The largest absolute Gasteiger partial charge is 0.495 e. The highest BCUT2D eigenvalue weighted by atomic mass is 16.5. The molecule has 0 bridgehead atoms. The fraction of sp³-hybridized carbons (Fsp3) is 0.571. The van der Waals surface area contributed by atoms with Crippen molar-refractivity contribution in [1.82, 2.24) is 0 Å². The molecule has 1 aromatic rings. The van der Waals surface area contributed by atoms with Crippen molar-refractivity contribution in [1.29, 1.82) is 0 Å². The average molecular weight is 234 g/mol. The van der Waals surface area contributed by atoms with Crippen LogP contribution in [0.5, 0.6) is 5.75 Å². The van der Waals surface area contributed by atoms with Crippen molar-refractivity contribution in [3.8, 4) is 5.75 Å². The summed E-state index contributed by atoms with van der Waals surface area (Å²) in [5.74, 6) is 0.928. The molecule has 94 valence electrons. The molecule has 0 radical (unpaired) electrons. The number of nitrogens with zero attached hydrogens (tertiary/aromatic N) is 1. The Morgan fingerprint density at radius 2 is 2.12 bits per heavy atom. The van der Waals surface area contributed by atoms with Crippen LogP contribution in [-0.2, 0) is 0 Å². The molecule has 1 aliphatic rings. The van der Waals surface area contributed by atoms with Crippen LogP contribution in [0.4, 0.5) is 5.69 Å². The van der Waals surface area contributed by atoms with Crippen LogP contribution in [0.1, 0.15) is 24.8 Å². The molecule has 0 aliphatic heterocycles. The molecule has 1 saturated carbocycles. The molecule has 17 heavy (non-hydrogen) atoms. The smallest absolute Gasteiger partial charge is 0.142 e. The average Bonchev–Trinajstić information content (AvgIpc) is 2.74. The van der Waals surface area contributed by atoms with Crippen molar-refractivity contribution in [2.75, 3.05) is 19.1 Å². The monoisotopic (exact) mass is 234 g/mol.